The molecule has 0 spiro atoms. The van der Waals surface area contributed by atoms with Gasteiger partial charge in [-0.25, -0.2) is 0 Å². The first-order chi connectivity index (χ1) is 11.1. The van der Waals surface area contributed by atoms with Crippen LogP contribution in [-0.4, -0.2) is 21.3 Å². The van der Waals surface area contributed by atoms with Crippen molar-refractivity contribution in [2.24, 2.45) is 0 Å². The second-order valence-electron chi connectivity index (χ2n) is 5.61. The first-order valence-electron chi connectivity index (χ1n) is 7.47. The summed E-state index contributed by atoms with van der Waals surface area (Å²) in [6.07, 6.45) is 0.938. The van der Waals surface area contributed by atoms with Crippen LogP contribution in [0, 0.1) is 0 Å². The van der Waals surface area contributed by atoms with E-state index in [4.69, 9.17) is 32.7 Å². The summed E-state index contributed by atoms with van der Waals surface area (Å²) in [5.41, 5.74) is 3.58. The van der Waals surface area contributed by atoms with Gasteiger partial charge in [-0.1, -0.05) is 35.3 Å². The van der Waals surface area contributed by atoms with E-state index in [-0.39, 0.29) is 24.4 Å². The Morgan fingerprint density at radius 3 is 2.33 bits per heavy atom. The maximum atomic E-state index is 6.33. The Bertz CT molecular complexity index is 736. The van der Waals surface area contributed by atoms with Crippen LogP contribution in [0.3, 0.4) is 0 Å². The smallest absolute Gasteiger partial charge is 0.142 e. The van der Waals surface area contributed by atoms with Crippen LogP contribution in [0.1, 0.15) is 35.1 Å². The lowest BCUT2D eigenvalue weighted by molar-refractivity contribution is 0.406. The highest BCUT2D eigenvalue weighted by Gasteiger charge is 2.33. The van der Waals surface area contributed by atoms with Crippen molar-refractivity contribution < 1.29 is 9.47 Å². The van der Waals surface area contributed by atoms with Crippen molar-refractivity contribution >= 4 is 35.6 Å². The number of hydrogen-bond acceptors (Lipinski definition) is 3. The van der Waals surface area contributed by atoms with Gasteiger partial charge in [0.1, 0.15) is 16.5 Å². The second-order valence-corrected chi connectivity index (χ2v) is 6.39. The summed E-state index contributed by atoms with van der Waals surface area (Å²) >= 11 is 12.5. The Morgan fingerprint density at radius 2 is 1.71 bits per heavy atom. The molecule has 0 saturated heterocycles. The van der Waals surface area contributed by atoms with Crippen LogP contribution in [0.5, 0.6) is 11.5 Å². The fraction of sp³-hybridized carbons (Fsp3) is 0.333. The van der Waals surface area contributed by atoms with Crippen LogP contribution in [0.2, 0.25) is 10.0 Å². The topological polar surface area (TPSA) is 30.5 Å². The quantitative estimate of drug-likeness (QED) is 0.778. The van der Waals surface area contributed by atoms with Gasteiger partial charge in [0.15, 0.2) is 0 Å². The zero-order valence-electron chi connectivity index (χ0n) is 13.7. The highest BCUT2D eigenvalue weighted by Crippen LogP contribution is 2.49. The Balaban J connectivity index is 0.00000208. The molecule has 1 unspecified atom stereocenters. The van der Waals surface area contributed by atoms with E-state index in [0.29, 0.717) is 15.8 Å². The van der Waals surface area contributed by atoms with E-state index >= 15 is 0 Å². The van der Waals surface area contributed by atoms with Gasteiger partial charge in [-0.3, -0.25) is 0 Å². The third-order valence-electron chi connectivity index (χ3n) is 4.52. The molecular formula is C18H20Cl3NO2. The Hall–Kier alpha value is -1.13. The first-order valence-corrected chi connectivity index (χ1v) is 8.23. The van der Waals surface area contributed by atoms with Gasteiger partial charge in [-0.2, -0.15) is 0 Å². The molecule has 3 rings (SSSR count). The number of methoxy groups -OCH3 is 2. The molecule has 3 nitrogen and oxygen atoms in total. The van der Waals surface area contributed by atoms with Crippen molar-refractivity contribution in [3.05, 3.63) is 57.1 Å². The molecule has 24 heavy (non-hydrogen) atoms. The van der Waals surface area contributed by atoms with Crippen molar-refractivity contribution in [1.82, 2.24) is 5.32 Å². The van der Waals surface area contributed by atoms with Crippen LogP contribution >= 0.6 is 35.6 Å². The van der Waals surface area contributed by atoms with Crippen LogP contribution in [0.15, 0.2) is 30.3 Å². The van der Waals surface area contributed by atoms with Crippen LogP contribution in [0.4, 0.5) is 0 Å². The Labute approximate surface area is 158 Å². The third-order valence-corrected chi connectivity index (χ3v) is 5.31. The van der Waals surface area contributed by atoms with E-state index in [1.165, 1.54) is 11.1 Å². The Morgan fingerprint density at radius 1 is 1.00 bits per heavy atom. The predicted molar refractivity (Wildman–Crippen MR) is 102 cm³/mol. The summed E-state index contributed by atoms with van der Waals surface area (Å²) in [5.74, 6) is 1.73. The molecule has 1 aliphatic carbocycles. The molecule has 2 aromatic rings. The van der Waals surface area contributed by atoms with Crippen molar-refractivity contribution in [1.29, 1.82) is 0 Å². The largest absolute Gasteiger partial charge is 0.497 e. The number of hydrogen-bond donors (Lipinski definition) is 1. The normalized spacial score (nSPS) is 18.7. The van der Waals surface area contributed by atoms with Crippen molar-refractivity contribution in [3.63, 3.8) is 0 Å². The lowest BCUT2D eigenvalue weighted by Gasteiger charge is -2.18. The highest BCUT2D eigenvalue weighted by molar-refractivity contribution is 6.43. The number of rotatable bonds is 4. The standard InChI is InChI=1S/C18H19Cl2NO2.ClH/c1-21-16-9-13(11-5-4-10(22-2)8-14(11)16)12-6-7-15(19)17(20)18(12)23-3;/h4-8,13,16,21H,9H2,1-3H3;1H/t13?,16-;/m1./s1. The van der Waals surface area contributed by atoms with E-state index < -0.39 is 0 Å². The molecule has 0 aromatic heterocycles. The van der Waals surface area contributed by atoms with Gasteiger partial charge in [0.2, 0.25) is 0 Å². The van der Waals surface area contributed by atoms with Crippen LogP contribution in [0.25, 0.3) is 0 Å². The lowest BCUT2D eigenvalue weighted by atomic mass is 9.92. The molecule has 0 amide bonds. The molecule has 0 radical (unpaired) electrons. The Kier molecular flexibility index (Phi) is 6.27. The van der Waals surface area contributed by atoms with Gasteiger partial charge in [0, 0.05) is 17.5 Å². The molecule has 1 aliphatic rings. The monoisotopic (exact) mass is 387 g/mol. The van der Waals surface area contributed by atoms with Gasteiger partial charge in [-0.05, 0) is 42.8 Å². The van der Waals surface area contributed by atoms with Crippen LogP contribution in [-0.2, 0) is 0 Å². The lowest BCUT2D eigenvalue weighted by Crippen LogP contribution is -2.13. The molecule has 1 N–H and O–H groups in total. The molecule has 0 aliphatic heterocycles. The molecular weight excluding hydrogens is 369 g/mol. The zero-order valence-corrected chi connectivity index (χ0v) is 16.1. The van der Waals surface area contributed by atoms with E-state index in [0.717, 1.165) is 17.7 Å². The van der Waals surface area contributed by atoms with Crippen molar-refractivity contribution in [2.75, 3.05) is 21.3 Å². The average Bonchev–Trinajstić information content (AvgIpc) is 2.94. The van der Waals surface area contributed by atoms with Crippen molar-refractivity contribution in [2.45, 2.75) is 18.4 Å². The summed E-state index contributed by atoms with van der Waals surface area (Å²) in [4.78, 5) is 0. The fourth-order valence-electron chi connectivity index (χ4n) is 3.39. The molecule has 2 atom stereocenters. The molecule has 0 saturated carbocycles. The summed E-state index contributed by atoms with van der Waals surface area (Å²) in [5, 5.41) is 4.35. The van der Waals surface area contributed by atoms with Gasteiger partial charge in [0.25, 0.3) is 0 Å². The van der Waals surface area contributed by atoms with E-state index in [1.54, 1.807) is 14.2 Å². The van der Waals surface area contributed by atoms with Gasteiger partial charge in [0.05, 0.1) is 19.2 Å². The minimum absolute atomic E-state index is 0. The highest BCUT2D eigenvalue weighted by atomic mass is 35.5. The molecule has 2 aromatic carbocycles. The molecule has 6 heteroatoms. The number of fused-ring (bicyclic) bond motifs is 1. The van der Waals surface area contributed by atoms with Crippen LogP contribution < -0.4 is 14.8 Å². The molecule has 0 fully saturated rings. The van der Waals surface area contributed by atoms with Crippen molar-refractivity contribution in [3.8, 4) is 11.5 Å². The summed E-state index contributed by atoms with van der Waals surface area (Å²) in [6.45, 7) is 0. The minimum atomic E-state index is 0. The third kappa shape index (κ3) is 3.18. The number of benzene rings is 2. The zero-order chi connectivity index (χ0) is 16.6. The summed E-state index contributed by atoms with van der Waals surface area (Å²) < 4.78 is 10.9. The SMILES string of the molecule is CN[C@@H]1CC(c2ccc(Cl)c(Cl)c2OC)c2ccc(OC)cc21.Cl. The van der Waals surface area contributed by atoms with Gasteiger partial charge < -0.3 is 14.8 Å². The number of halogens is 3. The second kappa shape index (κ2) is 7.83. The van der Waals surface area contributed by atoms with Gasteiger partial charge in [-0.15, -0.1) is 12.4 Å². The molecule has 130 valence electrons. The van der Waals surface area contributed by atoms with Gasteiger partial charge >= 0.3 is 0 Å². The summed E-state index contributed by atoms with van der Waals surface area (Å²) in [7, 11) is 5.29. The van der Waals surface area contributed by atoms with E-state index in [1.807, 2.05) is 25.2 Å². The molecule has 0 heterocycles. The van der Waals surface area contributed by atoms with E-state index in [2.05, 4.69) is 17.4 Å². The van der Waals surface area contributed by atoms with E-state index in [9.17, 15) is 0 Å². The summed E-state index contributed by atoms with van der Waals surface area (Å²) in [6, 6.07) is 10.3. The maximum absolute atomic E-state index is 6.33. The average molecular weight is 389 g/mol. The minimum Gasteiger partial charge on any atom is -0.497 e. The molecule has 0 bridgehead atoms. The number of nitrogens with one attached hydrogen (secondary N) is 1. The maximum Gasteiger partial charge on any atom is 0.142 e. The number of ether oxygens (including phenoxy) is 2. The fourth-order valence-corrected chi connectivity index (χ4v) is 3.78. The predicted octanol–water partition coefficient (Wildman–Crippen LogP) is 5.23. The first kappa shape index (κ1) is 19.2.